The van der Waals surface area contributed by atoms with E-state index in [1.807, 2.05) is 43.3 Å². The number of nitrogens with zero attached hydrogens (tertiary/aromatic N) is 1. The van der Waals surface area contributed by atoms with Gasteiger partial charge in [-0.05, 0) is 42.3 Å². The molecule has 1 fully saturated rings. The summed E-state index contributed by atoms with van der Waals surface area (Å²) < 4.78 is 39.0. The number of carbonyl (C=O) groups excluding carboxylic acids is 1. The molecule has 0 atom stereocenters. The van der Waals surface area contributed by atoms with Crippen LogP contribution >= 0.6 is 24.0 Å². The molecule has 0 saturated carbocycles. The Labute approximate surface area is 164 Å². The molecule has 2 nitrogen and oxygen atoms in total. The fourth-order valence-electron chi connectivity index (χ4n) is 2.57. The maximum absolute atomic E-state index is 12.9. The Morgan fingerprint density at radius 3 is 2.48 bits per heavy atom. The van der Waals surface area contributed by atoms with Gasteiger partial charge in [-0.3, -0.25) is 9.69 Å². The lowest BCUT2D eigenvalue weighted by Crippen LogP contribution is -2.27. The first-order valence-electron chi connectivity index (χ1n) is 7.94. The zero-order valence-electron chi connectivity index (χ0n) is 14.2. The third-order valence-corrected chi connectivity index (χ3v) is 5.08. The van der Waals surface area contributed by atoms with Crippen LogP contribution in [-0.2, 0) is 11.0 Å². The maximum atomic E-state index is 12.9. The second-order valence-corrected chi connectivity index (χ2v) is 7.54. The number of benzene rings is 2. The first-order chi connectivity index (χ1) is 12.8. The van der Waals surface area contributed by atoms with Gasteiger partial charge in [0.15, 0.2) is 4.32 Å². The van der Waals surface area contributed by atoms with Crippen molar-refractivity contribution in [1.82, 2.24) is 0 Å². The number of amides is 1. The SMILES string of the molecule is CC(=Cc1ccccc1)C=C1SC(=S)N(c2cccc(C(F)(F)F)c2)C1=O. The van der Waals surface area contributed by atoms with Gasteiger partial charge in [0.05, 0.1) is 16.2 Å². The highest BCUT2D eigenvalue weighted by Gasteiger charge is 2.35. The molecule has 0 aromatic heterocycles. The van der Waals surface area contributed by atoms with E-state index in [1.54, 1.807) is 6.08 Å². The molecule has 138 valence electrons. The number of anilines is 1. The van der Waals surface area contributed by atoms with Crippen molar-refractivity contribution in [2.75, 3.05) is 4.90 Å². The van der Waals surface area contributed by atoms with E-state index in [-0.39, 0.29) is 10.0 Å². The van der Waals surface area contributed by atoms with Crippen LogP contribution in [0.1, 0.15) is 18.1 Å². The van der Waals surface area contributed by atoms with Crippen LogP contribution in [0.25, 0.3) is 6.08 Å². The standard InChI is InChI=1S/C20H14F3NOS2/c1-13(10-14-6-3-2-4-7-14)11-17-18(25)24(19(26)27-17)16-9-5-8-15(12-16)20(21,22)23/h2-12H,1H3. The first kappa shape index (κ1) is 19.4. The highest BCUT2D eigenvalue weighted by molar-refractivity contribution is 8.27. The molecular weight excluding hydrogens is 391 g/mol. The lowest BCUT2D eigenvalue weighted by molar-refractivity contribution is -0.137. The predicted molar refractivity (Wildman–Crippen MR) is 107 cm³/mol. The number of hydrogen-bond acceptors (Lipinski definition) is 3. The fraction of sp³-hybridized carbons (Fsp3) is 0.100. The van der Waals surface area contributed by atoms with Crippen molar-refractivity contribution in [3.8, 4) is 0 Å². The van der Waals surface area contributed by atoms with Gasteiger partial charge in [-0.15, -0.1) is 0 Å². The molecule has 0 unspecified atom stereocenters. The van der Waals surface area contributed by atoms with Crippen molar-refractivity contribution in [3.63, 3.8) is 0 Å². The Bertz CT molecular complexity index is 949. The summed E-state index contributed by atoms with van der Waals surface area (Å²) in [6.45, 7) is 1.85. The lowest BCUT2D eigenvalue weighted by Gasteiger charge is -2.16. The predicted octanol–water partition coefficient (Wildman–Crippen LogP) is 6.06. The molecule has 0 aliphatic carbocycles. The van der Waals surface area contributed by atoms with Gasteiger partial charge in [0.1, 0.15) is 0 Å². The summed E-state index contributed by atoms with van der Waals surface area (Å²) in [5, 5.41) is 0. The van der Waals surface area contributed by atoms with Gasteiger partial charge < -0.3 is 0 Å². The van der Waals surface area contributed by atoms with Crippen LogP contribution in [0.3, 0.4) is 0 Å². The highest BCUT2D eigenvalue weighted by atomic mass is 32.2. The molecule has 27 heavy (non-hydrogen) atoms. The highest BCUT2D eigenvalue weighted by Crippen LogP contribution is 2.38. The Balaban J connectivity index is 1.88. The van der Waals surface area contributed by atoms with Crippen LogP contribution in [0.2, 0.25) is 0 Å². The van der Waals surface area contributed by atoms with Gasteiger partial charge in [0, 0.05) is 0 Å². The molecule has 1 saturated heterocycles. The summed E-state index contributed by atoms with van der Waals surface area (Å²) in [7, 11) is 0. The van der Waals surface area contributed by atoms with E-state index >= 15 is 0 Å². The third-order valence-electron chi connectivity index (χ3n) is 3.78. The lowest BCUT2D eigenvalue weighted by atomic mass is 10.1. The topological polar surface area (TPSA) is 20.3 Å². The monoisotopic (exact) mass is 405 g/mol. The number of carbonyl (C=O) groups is 1. The number of rotatable bonds is 3. The van der Waals surface area contributed by atoms with Crippen LogP contribution in [0.15, 0.2) is 71.2 Å². The first-order valence-corrected chi connectivity index (χ1v) is 9.17. The fourth-order valence-corrected chi connectivity index (χ4v) is 3.92. The van der Waals surface area contributed by atoms with Crippen LogP contribution in [0.5, 0.6) is 0 Å². The molecule has 0 N–H and O–H groups in total. The quantitative estimate of drug-likeness (QED) is 0.457. The third kappa shape index (κ3) is 4.48. The van der Waals surface area contributed by atoms with Gasteiger partial charge in [0.25, 0.3) is 5.91 Å². The zero-order valence-corrected chi connectivity index (χ0v) is 15.8. The van der Waals surface area contributed by atoms with Crippen molar-refractivity contribution >= 4 is 46.0 Å². The van der Waals surface area contributed by atoms with E-state index in [0.29, 0.717) is 4.91 Å². The number of hydrogen-bond donors (Lipinski definition) is 0. The Hall–Kier alpha value is -2.38. The average Bonchev–Trinajstić information content (AvgIpc) is 2.88. The van der Waals surface area contributed by atoms with Gasteiger partial charge in [-0.25, -0.2) is 0 Å². The molecule has 1 aliphatic heterocycles. The molecule has 1 heterocycles. The second kappa shape index (κ2) is 7.70. The minimum Gasteiger partial charge on any atom is -0.268 e. The Kier molecular flexibility index (Phi) is 5.53. The average molecular weight is 405 g/mol. The number of thioether (sulfide) groups is 1. The number of alkyl halides is 3. The van der Waals surface area contributed by atoms with Crippen LogP contribution < -0.4 is 4.90 Å². The summed E-state index contributed by atoms with van der Waals surface area (Å²) in [5.74, 6) is -0.426. The van der Waals surface area contributed by atoms with Crippen molar-refractivity contribution in [2.24, 2.45) is 0 Å². The normalized spacial score (nSPS) is 17.1. The van der Waals surface area contributed by atoms with Crippen molar-refractivity contribution < 1.29 is 18.0 Å². The van der Waals surface area contributed by atoms with Gasteiger partial charge in [-0.2, -0.15) is 13.2 Å². The van der Waals surface area contributed by atoms with E-state index in [4.69, 9.17) is 12.2 Å². The zero-order chi connectivity index (χ0) is 19.6. The molecule has 1 aliphatic rings. The smallest absolute Gasteiger partial charge is 0.268 e. The van der Waals surface area contributed by atoms with Gasteiger partial charge in [-0.1, -0.05) is 66.5 Å². The van der Waals surface area contributed by atoms with Crippen LogP contribution in [0.4, 0.5) is 18.9 Å². The van der Waals surface area contributed by atoms with Crippen LogP contribution in [-0.4, -0.2) is 10.2 Å². The Morgan fingerprint density at radius 2 is 1.81 bits per heavy atom. The summed E-state index contributed by atoms with van der Waals surface area (Å²) in [6, 6.07) is 14.2. The molecule has 0 radical (unpaired) electrons. The maximum Gasteiger partial charge on any atom is 0.416 e. The second-order valence-electron chi connectivity index (χ2n) is 5.86. The number of halogens is 3. The molecule has 1 amide bonds. The summed E-state index contributed by atoms with van der Waals surface area (Å²) in [4.78, 5) is 14.2. The molecule has 2 aromatic carbocycles. The van der Waals surface area contributed by atoms with Gasteiger partial charge >= 0.3 is 6.18 Å². The summed E-state index contributed by atoms with van der Waals surface area (Å²) in [6.07, 6.45) is -0.877. The largest absolute Gasteiger partial charge is 0.416 e. The van der Waals surface area contributed by atoms with Crippen molar-refractivity contribution in [2.45, 2.75) is 13.1 Å². The summed E-state index contributed by atoms with van der Waals surface area (Å²) in [5.41, 5.74) is 1.11. The van der Waals surface area contributed by atoms with Gasteiger partial charge in [0.2, 0.25) is 0 Å². The molecule has 0 bridgehead atoms. The summed E-state index contributed by atoms with van der Waals surface area (Å²) >= 11 is 6.30. The van der Waals surface area contributed by atoms with Crippen LogP contribution in [0, 0.1) is 0 Å². The van der Waals surface area contributed by atoms with Crippen molar-refractivity contribution in [1.29, 1.82) is 0 Å². The molecular formula is C20H14F3NOS2. The number of thiocarbonyl (C=S) groups is 1. The van der Waals surface area contributed by atoms with E-state index in [0.717, 1.165) is 39.9 Å². The number of allylic oxidation sites excluding steroid dienone is 2. The molecule has 3 rings (SSSR count). The Morgan fingerprint density at radius 1 is 1.11 bits per heavy atom. The minimum atomic E-state index is -4.48. The van der Waals surface area contributed by atoms with E-state index in [9.17, 15) is 18.0 Å². The van der Waals surface area contributed by atoms with E-state index in [2.05, 4.69) is 0 Å². The van der Waals surface area contributed by atoms with E-state index in [1.165, 1.54) is 12.1 Å². The minimum absolute atomic E-state index is 0.111. The molecule has 7 heteroatoms. The molecule has 2 aromatic rings. The van der Waals surface area contributed by atoms with E-state index < -0.39 is 17.6 Å². The van der Waals surface area contributed by atoms with Crippen molar-refractivity contribution in [3.05, 3.63) is 82.3 Å². The molecule has 0 spiro atoms.